The van der Waals surface area contributed by atoms with Crippen LogP contribution in [-0.2, 0) is 9.53 Å². The van der Waals surface area contributed by atoms with E-state index >= 15 is 0 Å². The summed E-state index contributed by atoms with van der Waals surface area (Å²) in [7, 11) is 0. The van der Waals surface area contributed by atoms with Crippen LogP contribution >= 0.6 is 11.6 Å². The van der Waals surface area contributed by atoms with Gasteiger partial charge in [-0.1, -0.05) is 48.9 Å². The molecule has 3 fully saturated rings. The number of allylic oxidation sites excluding steroid dienone is 1. The van der Waals surface area contributed by atoms with Crippen LogP contribution in [0.25, 0.3) is 5.57 Å². The summed E-state index contributed by atoms with van der Waals surface area (Å²) in [5.41, 5.74) is 4.31. The smallest absolute Gasteiger partial charge is 0.310 e. The van der Waals surface area contributed by atoms with Crippen molar-refractivity contribution in [2.45, 2.75) is 51.6 Å². The Hall–Kier alpha value is -1.58. The summed E-state index contributed by atoms with van der Waals surface area (Å²) >= 11 is 6.02. The van der Waals surface area contributed by atoms with E-state index in [4.69, 9.17) is 16.3 Å². The van der Waals surface area contributed by atoms with Crippen LogP contribution in [0, 0.1) is 23.2 Å². The van der Waals surface area contributed by atoms with Gasteiger partial charge in [-0.05, 0) is 73.1 Å². The molecule has 3 nitrogen and oxygen atoms in total. The summed E-state index contributed by atoms with van der Waals surface area (Å²) in [5, 5.41) is 0.773. The Morgan fingerprint density at radius 2 is 2.07 bits per heavy atom. The number of hydrogen-bond donors (Lipinski definition) is 0. The molecule has 0 N–H and O–H groups in total. The van der Waals surface area contributed by atoms with Crippen molar-refractivity contribution >= 4 is 23.1 Å². The topological polar surface area (TPSA) is 29.5 Å². The average molecular weight is 426 g/mol. The molecule has 2 aliphatic carbocycles. The molecule has 1 aromatic rings. The quantitative estimate of drug-likeness (QED) is 0.456. The van der Waals surface area contributed by atoms with Gasteiger partial charge in [0.15, 0.2) is 0 Å². The van der Waals surface area contributed by atoms with Crippen LogP contribution < -0.4 is 0 Å². The largest absolute Gasteiger partial charge is 0.462 e. The fourth-order valence-electron chi connectivity index (χ4n) is 6.55. The minimum Gasteiger partial charge on any atom is -0.462 e. The summed E-state index contributed by atoms with van der Waals surface area (Å²) in [6.07, 6.45) is 9.16. The molecule has 2 heterocycles. The fraction of sp³-hybridized carbons (Fsp3) is 0.577. The highest BCUT2D eigenvalue weighted by Crippen LogP contribution is 2.57. The number of hydrogen-bond acceptors (Lipinski definition) is 3. The van der Waals surface area contributed by atoms with Gasteiger partial charge in [-0.2, -0.15) is 0 Å². The molecule has 4 aliphatic rings. The average Bonchev–Trinajstić information content (AvgIpc) is 3.01. The zero-order valence-corrected chi connectivity index (χ0v) is 18.7. The van der Waals surface area contributed by atoms with Gasteiger partial charge in [0.1, 0.15) is 6.10 Å². The maximum Gasteiger partial charge on any atom is 0.310 e. The normalized spacial score (nSPS) is 36.7. The minimum absolute atomic E-state index is 0.0137. The Labute approximate surface area is 185 Å². The maximum absolute atomic E-state index is 12.8. The van der Waals surface area contributed by atoms with E-state index < -0.39 is 0 Å². The lowest BCUT2D eigenvalue weighted by Gasteiger charge is -2.50. The molecular weight excluding hydrogens is 394 g/mol. The molecule has 2 saturated carbocycles. The number of benzene rings is 1. The minimum atomic E-state index is 0.0137. The highest BCUT2D eigenvalue weighted by Gasteiger charge is 2.55. The van der Waals surface area contributed by atoms with E-state index in [2.05, 4.69) is 36.6 Å². The SMILES string of the molecule is C=C1CCC[C@]2(C)C[C@H]3OC(=O)[C@H](CN4CC=C(c5ccc(Cl)cc5)CC4)[C@H]3C[C@@H]12. The molecule has 0 bridgehead atoms. The molecule has 1 saturated heterocycles. The van der Waals surface area contributed by atoms with Gasteiger partial charge in [-0.3, -0.25) is 9.69 Å². The molecule has 0 amide bonds. The number of fused-ring (bicyclic) bond motifs is 2. The summed E-state index contributed by atoms with van der Waals surface area (Å²) in [4.78, 5) is 15.3. The Kier molecular flexibility index (Phi) is 5.31. The molecule has 1 aromatic carbocycles. The molecule has 160 valence electrons. The first-order valence-corrected chi connectivity index (χ1v) is 11.9. The lowest BCUT2D eigenvalue weighted by molar-refractivity contribution is -0.146. The summed E-state index contributed by atoms with van der Waals surface area (Å²) in [5.74, 6) is 0.958. The Morgan fingerprint density at radius 3 is 2.80 bits per heavy atom. The molecule has 0 aromatic heterocycles. The van der Waals surface area contributed by atoms with Crippen molar-refractivity contribution in [2.24, 2.45) is 23.2 Å². The second kappa shape index (κ2) is 7.84. The van der Waals surface area contributed by atoms with Gasteiger partial charge in [0, 0.05) is 30.6 Å². The maximum atomic E-state index is 12.8. The third-order valence-electron chi connectivity index (χ3n) is 8.28. The molecule has 30 heavy (non-hydrogen) atoms. The fourth-order valence-corrected chi connectivity index (χ4v) is 6.67. The molecule has 0 radical (unpaired) electrons. The lowest BCUT2D eigenvalue weighted by atomic mass is 9.55. The van der Waals surface area contributed by atoms with E-state index in [1.165, 1.54) is 29.6 Å². The number of carbonyl (C=O) groups is 1. The first-order valence-electron chi connectivity index (χ1n) is 11.5. The summed E-state index contributed by atoms with van der Waals surface area (Å²) in [6, 6.07) is 8.10. The highest BCUT2D eigenvalue weighted by atomic mass is 35.5. The lowest BCUT2D eigenvalue weighted by Crippen LogP contribution is -2.46. The van der Waals surface area contributed by atoms with Crippen LogP contribution in [0.15, 0.2) is 42.5 Å². The van der Waals surface area contributed by atoms with E-state index in [-0.39, 0.29) is 23.4 Å². The molecule has 2 aliphatic heterocycles. The van der Waals surface area contributed by atoms with Crippen molar-refractivity contribution in [1.82, 2.24) is 4.90 Å². The van der Waals surface area contributed by atoms with Gasteiger partial charge in [0.05, 0.1) is 5.92 Å². The molecule has 4 heteroatoms. The molecule has 0 unspecified atom stereocenters. The van der Waals surface area contributed by atoms with Crippen molar-refractivity contribution in [1.29, 1.82) is 0 Å². The zero-order chi connectivity index (χ0) is 20.9. The molecule has 5 atom stereocenters. The van der Waals surface area contributed by atoms with E-state index in [0.29, 0.717) is 11.8 Å². The van der Waals surface area contributed by atoms with E-state index in [1.807, 2.05) is 12.1 Å². The number of rotatable bonds is 3. The summed E-state index contributed by atoms with van der Waals surface area (Å²) in [6.45, 7) is 9.51. The third-order valence-corrected chi connectivity index (χ3v) is 8.53. The standard InChI is InChI=1S/C26H32ClNO2/c1-17-4-3-11-26(2)15-24-21(14-23(17)26)22(25(29)30-24)16-28-12-9-19(10-13-28)18-5-7-20(27)8-6-18/h5-9,21-24H,1,3-4,10-16H2,2H3/t21-,22-,23+,24-,26-/m1/s1. The third kappa shape index (κ3) is 3.65. The number of esters is 1. The van der Waals surface area contributed by atoms with E-state index in [1.54, 1.807) is 0 Å². The Balaban J connectivity index is 1.26. The number of halogens is 1. The monoisotopic (exact) mass is 425 g/mol. The van der Waals surface area contributed by atoms with Gasteiger partial charge in [0.25, 0.3) is 0 Å². The van der Waals surface area contributed by atoms with E-state index in [9.17, 15) is 4.79 Å². The van der Waals surface area contributed by atoms with Gasteiger partial charge >= 0.3 is 5.97 Å². The summed E-state index contributed by atoms with van der Waals surface area (Å²) < 4.78 is 5.95. The van der Waals surface area contributed by atoms with Gasteiger partial charge in [-0.15, -0.1) is 0 Å². The predicted octanol–water partition coefficient (Wildman–Crippen LogP) is 5.74. The van der Waals surface area contributed by atoms with Gasteiger partial charge in [0.2, 0.25) is 0 Å². The van der Waals surface area contributed by atoms with Crippen LogP contribution in [0.4, 0.5) is 0 Å². The first kappa shape index (κ1) is 20.3. The van der Waals surface area contributed by atoms with E-state index in [0.717, 1.165) is 50.3 Å². The second-order valence-corrected chi connectivity index (χ2v) is 10.6. The van der Waals surface area contributed by atoms with Crippen molar-refractivity contribution < 1.29 is 9.53 Å². The number of ether oxygens (including phenoxy) is 1. The number of nitrogens with zero attached hydrogens (tertiary/aromatic N) is 1. The Bertz CT molecular complexity index is 876. The second-order valence-electron chi connectivity index (χ2n) is 10.1. The van der Waals surface area contributed by atoms with Crippen LogP contribution in [0.1, 0.15) is 51.0 Å². The van der Waals surface area contributed by atoms with Crippen molar-refractivity contribution in [2.75, 3.05) is 19.6 Å². The Morgan fingerprint density at radius 1 is 1.27 bits per heavy atom. The molecule has 0 spiro atoms. The van der Waals surface area contributed by atoms with Gasteiger partial charge in [-0.25, -0.2) is 0 Å². The van der Waals surface area contributed by atoms with Crippen molar-refractivity contribution in [3.8, 4) is 0 Å². The van der Waals surface area contributed by atoms with Crippen LogP contribution in [0.3, 0.4) is 0 Å². The predicted molar refractivity (Wildman–Crippen MR) is 121 cm³/mol. The van der Waals surface area contributed by atoms with Crippen LogP contribution in [0.2, 0.25) is 5.02 Å². The molecular formula is C26H32ClNO2. The number of carbonyl (C=O) groups excluding carboxylic acids is 1. The zero-order valence-electron chi connectivity index (χ0n) is 17.9. The van der Waals surface area contributed by atoms with Gasteiger partial charge < -0.3 is 4.74 Å². The first-order chi connectivity index (χ1) is 14.4. The molecule has 5 rings (SSSR count). The van der Waals surface area contributed by atoms with Crippen molar-refractivity contribution in [3.63, 3.8) is 0 Å². The van der Waals surface area contributed by atoms with Crippen molar-refractivity contribution in [3.05, 3.63) is 53.1 Å². The highest BCUT2D eigenvalue weighted by molar-refractivity contribution is 6.30. The van der Waals surface area contributed by atoms with Crippen LogP contribution in [0.5, 0.6) is 0 Å². The van der Waals surface area contributed by atoms with Crippen LogP contribution in [-0.4, -0.2) is 36.6 Å².